The quantitative estimate of drug-likeness (QED) is 0.323. The molecular formula is C24H33Cl2N. The minimum absolute atomic E-state index is 0.778. The van der Waals surface area contributed by atoms with Gasteiger partial charge in [-0.3, -0.25) is 4.90 Å². The summed E-state index contributed by atoms with van der Waals surface area (Å²) in [5.41, 5.74) is 2.62. The molecule has 2 aromatic carbocycles. The molecule has 0 fully saturated rings. The van der Waals surface area contributed by atoms with Crippen LogP contribution in [-0.2, 0) is 13.1 Å². The highest BCUT2D eigenvalue weighted by Gasteiger charge is 2.10. The highest BCUT2D eigenvalue weighted by atomic mass is 35.5. The summed E-state index contributed by atoms with van der Waals surface area (Å²) >= 11 is 12.1. The normalized spacial score (nSPS) is 12.5. The van der Waals surface area contributed by atoms with Crippen LogP contribution in [0, 0.1) is 5.92 Å². The van der Waals surface area contributed by atoms with Crippen molar-refractivity contribution in [3.8, 4) is 0 Å². The number of rotatable bonds is 12. The summed E-state index contributed by atoms with van der Waals surface area (Å²) in [5, 5.41) is 1.59. The maximum atomic E-state index is 6.04. The fourth-order valence-corrected chi connectivity index (χ4v) is 3.63. The van der Waals surface area contributed by atoms with Gasteiger partial charge in [0.05, 0.1) is 0 Å². The number of hydrogen-bond acceptors (Lipinski definition) is 1. The zero-order chi connectivity index (χ0) is 19.5. The van der Waals surface area contributed by atoms with Crippen molar-refractivity contribution in [2.75, 3.05) is 6.54 Å². The summed E-state index contributed by atoms with van der Waals surface area (Å²) in [6, 6.07) is 16.4. The molecule has 1 atom stereocenters. The predicted molar refractivity (Wildman–Crippen MR) is 120 cm³/mol. The molecule has 0 radical (unpaired) electrons. The molecule has 0 amide bonds. The van der Waals surface area contributed by atoms with E-state index in [-0.39, 0.29) is 0 Å². The van der Waals surface area contributed by atoms with Crippen LogP contribution in [0.15, 0.2) is 48.5 Å². The van der Waals surface area contributed by atoms with E-state index in [2.05, 4.69) is 43.0 Å². The lowest BCUT2D eigenvalue weighted by atomic mass is 9.99. The molecule has 1 unspecified atom stereocenters. The Labute approximate surface area is 175 Å². The van der Waals surface area contributed by atoms with E-state index in [0.29, 0.717) is 0 Å². The van der Waals surface area contributed by atoms with Crippen LogP contribution in [0.1, 0.15) is 63.5 Å². The first-order valence-electron chi connectivity index (χ1n) is 10.3. The zero-order valence-corrected chi connectivity index (χ0v) is 18.3. The molecule has 0 saturated heterocycles. The zero-order valence-electron chi connectivity index (χ0n) is 16.8. The first-order valence-corrected chi connectivity index (χ1v) is 11.0. The number of benzene rings is 2. The van der Waals surface area contributed by atoms with Crippen LogP contribution in [0.25, 0.3) is 0 Å². The van der Waals surface area contributed by atoms with E-state index in [9.17, 15) is 0 Å². The van der Waals surface area contributed by atoms with Gasteiger partial charge in [0.25, 0.3) is 0 Å². The first-order chi connectivity index (χ1) is 13.1. The van der Waals surface area contributed by atoms with Gasteiger partial charge in [-0.05, 0) is 54.3 Å². The number of unbranched alkanes of at least 4 members (excludes halogenated alkanes) is 3. The molecule has 0 saturated carbocycles. The van der Waals surface area contributed by atoms with Crippen LogP contribution in [0.5, 0.6) is 0 Å². The highest BCUT2D eigenvalue weighted by Crippen LogP contribution is 2.19. The van der Waals surface area contributed by atoms with Gasteiger partial charge in [0, 0.05) is 23.1 Å². The molecule has 2 rings (SSSR count). The van der Waals surface area contributed by atoms with Gasteiger partial charge >= 0.3 is 0 Å². The molecule has 0 aliphatic heterocycles. The van der Waals surface area contributed by atoms with E-state index in [1.807, 2.05) is 24.3 Å². The van der Waals surface area contributed by atoms with Gasteiger partial charge in [-0.1, -0.05) is 93.4 Å². The second-order valence-electron chi connectivity index (χ2n) is 7.71. The van der Waals surface area contributed by atoms with Crippen LogP contribution in [0.2, 0.25) is 10.0 Å². The van der Waals surface area contributed by atoms with Gasteiger partial charge in [0.1, 0.15) is 0 Å². The van der Waals surface area contributed by atoms with Crippen molar-refractivity contribution in [1.82, 2.24) is 4.90 Å². The Hall–Kier alpha value is -1.02. The Balaban J connectivity index is 1.91. The summed E-state index contributed by atoms with van der Waals surface area (Å²) in [6.45, 7) is 7.68. The van der Waals surface area contributed by atoms with Gasteiger partial charge in [0.2, 0.25) is 0 Å². The van der Waals surface area contributed by atoms with Crippen LogP contribution in [0.3, 0.4) is 0 Å². The summed E-state index contributed by atoms with van der Waals surface area (Å²) < 4.78 is 0. The molecule has 0 aromatic heterocycles. The maximum Gasteiger partial charge on any atom is 0.0406 e. The molecule has 27 heavy (non-hydrogen) atoms. The number of hydrogen-bond donors (Lipinski definition) is 0. The predicted octanol–water partition coefficient (Wildman–Crippen LogP) is 7.99. The molecular weight excluding hydrogens is 373 g/mol. The van der Waals surface area contributed by atoms with E-state index in [4.69, 9.17) is 23.2 Å². The number of halogens is 2. The van der Waals surface area contributed by atoms with Gasteiger partial charge in [0.15, 0.2) is 0 Å². The summed E-state index contributed by atoms with van der Waals surface area (Å²) in [4.78, 5) is 2.54. The minimum atomic E-state index is 0.778. The Bertz CT molecular complexity index is 589. The Morgan fingerprint density at radius 1 is 0.741 bits per heavy atom. The topological polar surface area (TPSA) is 3.24 Å². The third-order valence-electron chi connectivity index (χ3n) is 5.13. The molecule has 0 spiro atoms. The van der Waals surface area contributed by atoms with Crippen molar-refractivity contribution in [2.45, 2.75) is 65.5 Å². The smallest absolute Gasteiger partial charge is 0.0406 e. The molecule has 0 bridgehead atoms. The van der Waals surface area contributed by atoms with Gasteiger partial charge < -0.3 is 0 Å². The SMILES string of the molecule is CCCCCCC(C)CCN(Cc1ccc(Cl)cc1)Cc1ccc(Cl)cc1. The standard InChI is InChI=1S/C24H33Cl2N/c1-3-4-5-6-7-20(2)16-17-27(18-21-8-12-23(25)13-9-21)19-22-10-14-24(26)15-11-22/h8-15,20H,3-7,16-19H2,1-2H3. The lowest BCUT2D eigenvalue weighted by molar-refractivity contribution is 0.234. The third kappa shape index (κ3) is 9.14. The number of nitrogens with zero attached hydrogens (tertiary/aromatic N) is 1. The average Bonchev–Trinajstić information content (AvgIpc) is 2.67. The van der Waals surface area contributed by atoms with Crippen LogP contribution < -0.4 is 0 Å². The molecule has 0 aliphatic rings. The van der Waals surface area contributed by atoms with Crippen molar-refractivity contribution in [3.05, 3.63) is 69.7 Å². The van der Waals surface area contributed by atoms with Crippen LogP contribution >= 0.6 is 23.2 Å². The van der Waals surface area contributed by atoms with E-state index < -0.39 is 0 Å². The molecule has 3 heteroatoms. The van der Waals surface area contributed by atoms with Crippen molar-refractivity contribution >= 4 is 23.2 Å². The highest BCUT2D eigenvalue weighted by molar-refractivity contribution is 6.30. The lowest BCUT2D eigenvalue weighted by Crippen LogP contribution is -2.25. The Morgan fingerprint density at radius 3 is 1.74 bits per heavy atom. The maximum absolute atomic E-state index is 6.04. The molecule has 2 aromatic rings. The van der Waals surface area contributed by atoms with Crippen molar-refractivity contribution < 1.29 is 0 Å². The van der Waals surface area contributed by atoms with Gasteiger partial charge in [-0.25, -0.2) is 0 Å². The molecule has 148 valence electrons. The van der Waals surface area contributed by atoms with Crippen molar-refractivity contribution in [2.24, 2.45) is 5.92 Å². The Kier molecular flexibility index (Phi) is 10.3. The van der Waals surface area contributed by atoms with E-state index in [1.165, 1.54) is 49.7 Å². The second-order valence-corrected chi connectivity index (χ2v) is 8.58. The monoisotopic (exact) mass is 405 g/mol. The molecule has 0 N–H and O–H groups in total. The fraction of sp³-hybridized carbons (Fsp3) is 0.500. The second kappa shape index (κ2) is 12.4. The fourth-order valence-electron chi connectivity index (χ4n) is 3.38. The summed E-state index contributed by atoms with van der Waals surface area (Å²) in [7, 11) is 0. The van der Waals surface area contributed by atoms with E-state index in [1.54, 1.807) is 0 Å². The third-order valence-corrected chi connectivity index (χ3v) is 5.63. The average molecular weight is 406 g/mol. The van der Waals surface area contributed by atoms with Crippen molar-refractivity contribution in [1.29, 1.82) is 0 Å². The molecule has 0 heterocycles. The summed E-state index contributed by atoms with van der Waals surface area (Å²) in [5.74, 6) is 0.778. The van der Waals surface area contributed by atoms with Crippen LogP contribution in [-0.4, -0.2) is 11.4 Å². The largest absolute Gasteiger partial charge is 0.295 e. The lowest BCUT2D eigenvalue weighted by Gasteiger charge is -2.24. The van der Waals surface area contributed by atoms with Crippen LogP contribution in [0.4, 0.5) is 0 Å². The minimum Gasteiger partial charge on any atom is -0.295 e. The summed E-state index contributed by atoms with van der Waals surface area (Å²) in [6.07, 6.45) is 8.00. The Morgan fingerprint density at radius 2 is 1.26 bits per heavy atom. The van der Waals surface area contributed by atoms with Gasteiger partial charge in [-0.15, -0.1) is 0 Å². The van der Waals surface area contributed by atoms with E-state index in [0.717, 1.165) is 35.6 Å². The van der Waals surface area contributed by atoms with Crippen molar-refractivity contribution in [3.63, 3.8) is 0 Å². The molecule has 1 nitrogen and oxygen atoms in total. The van der Waals surface area contributed by atoms with Gasteiger partial charge in [-0.2, -0.15) is 0 Å². The van der Waals surface area contributed by atoms with E-state index >= 15 is 0 Å². The molecule has 0 aliphatic carbocycles. The first kappa shape index (κ1) is 22.3.